The molecule has 11 heteroatoms. The van der Waals surface area contributed by atoms with E-state index in [0.29, 0.717) is 24.1 Å². The molecule has 4 saturated heterocycles. The second kappa shape index (κ2) is 10.6. The van der Waals surface area contributed by atoms with Crippen LogP contribution in [0.15, 0.2) is 103 Å². The second-order valence-corrected chi connectivity index (χ2v) is 14.7. The van der Waals surface area contributed by atoms with Crippen LogP contribution in [-0.2, 0) is 42.8 Å². The van der Waals surface area contributed by atoms with Crippen LogP contribution in [0.25, 0.3) is 0 Å². The van der Waals surface area contributed by atoms with Crippen LogP contribution >= 0.6 is 0 Å². The van der Waals surface area contributed by atoms with Crippen molar-refractivity contribution in [3.05, 3.63) is 131 Å². The zero-order chi connectivity index (χ0) is 34.6. The van der Waals surface area contributed by atoms with Gasteiger partial charge in [-0.05, 0) is 59.4 Å². The zero-order valence-corrected chi connectivity index (χ0v) is 27.5. The summed E-state index contributed by atoms with van der Waals surface area (Å²) in [6, 6.07) is 28.3. The summed E-state index contributed by atoms with van der Waals surface area (Å²) < 4.78 is 15.5. The number of amides is 4. The number of carbonyl (C=O) groups is 4. The van der Waals surface area contributed by atoms with Crippen molar-refractivity contribution in [1.29, 1.82) is 0 Å². The summed E-state index contributed by atoms with van der Waals surface area (Å²) in [5.41, 5.74) is 2.68. The maximum Gasteiger partial charge on any atom is 0.247 e. The number of halogens is 1. The molecule has 10 rings (SSSR count). The Morgan fingerprint density at radius 2 is 1.04 bits per heavy atom. The molecule has 4 aromatic carbocycles. The minimum Gasteiger partial charge on any atom is -0.364 e. The molecular formula is C40H35FN6O4. The highest BCUT2D eigenvalue weighted by Crippen LogP contribution is 2.69. The Bertz CT molecular complexity index is 2150. The fourth-order valence-corrected chi connectivity index (χ4v) is 10.4. The summed E-state index contributed by atoms with van der Waals surface area (Å²) in [6.07, 6.45) is -0.428. The predicted molar refractivity (Wildman–Crippen MR) is 186 cm³/mol. The lowest BCUT2D eigenvalue weighted by Gasteiger charge is -2.48. The first-order chi connectivity index (χ1) is 24.8. The van der Waals surface area contributed by atoms with Gasteiger partial charge in [0.05, 0.1) is 10.8 Å². The number of piperazine rings is 2. The van der Waals surface area contributed by atoms with Crippen molar-refractivity contribution in [1.82, 2.24) is 20.4 Å². The van der Waals surface area contributed by atoms with E-state index < -0.39 is 53.1 Å². The van der Waals surface area contributed by atoms with E-state index >= 15 is 4.39 Å². The standard InChI is InChI=1S/C40H35FN6O4/c41-24-15-16-28-26(19-24)40(21-32-34(49)43-30(18-23-11-5-2-6-12-23)36(51)47(32)38(40)45-28)39-20-31-33(48)42-29(17-22-9-3-1-4-10-22)35(50)46(31)37(39)44-27-14-8-7-13-25(27)39/h1-16,19,29-32,37-38,44-45H,17-18,20-21H2,(H,42,48)(H,43,49). The number of nitrogens with one attached hydrogen (secondary N) is 4. The summed E-state index contributed by atoms with van der Waals surface area (Å²) >= 11 is 0. The van der Waals surface area contributed by atoms with E-state index in [4.69, 9.17) is 0 Å². The Labute approximate surface area is 293 Å². The van der Waals surface area contributed by atoms with E-state index in [2.05, 4.69) is 21.3 Å². The molecule has 0 aromatic heterocycles. The van der Waals surface area contributed by atoms with Crippen molar-refractivity contribution in [2.24, 2.45) is 0 Å². The Kier molecular flexibility index (Phi) is 6.29. The molecule has 6 aliphatic heterocycles. The molecule has 6 heterocycles. The first kappa shape index (κ1) is 30.1. The third-order valence-corrected chi connectivity index (χ3v) is 12.4. The second-order valence-electron chi connectivity index (χ2n) is 14.7. The lowest BCUT2D eigenvalue weighted by molar-refractivity contribution is -0.149. The summed E-state index contributed by atoms with van der Waals surface area (Å²) in [6.45, 7) is 0. The largest absolute Gasteiger partial charge is 0.364 e. The minimum absolute atomic E-state index is 0.174. The quantitative estimate of drug-likeness (QED) is 0.257. The molecule has 4 N–H and O–H groups in total. The average molecular weight is 683 g/mol. The predicted octanol–water partition coefficient (Wildman–Crippen LogP) is 3.19. The van der Waals surface area contributed by atoms with Crippen molar-refractivity contribution in [2.45, 2.75) is 73.0 Å². The molecule has 51 heavy (non-hydrogen) atoms. The van der Waals surface area contributed by atoms with Crippen molar-refractivity contribution < 1.29 is 23.6 Å². The molecule has 4 aromatic rings. The number of hydrogen-bond acceptors (Lipinski definition) is 6. The number of rotatable bonds is 5. The molecular weight excluding hydrogens is 647 g/mol. The third kappa shape index (κ3) is 3.97. The van der Waals surface area contributed by atoms with Gasteiger partial charge in [-0.3, -0.25) is 19.2 Å². The van der Waals surface area contributed by atoms with Crippen molar-refractivity contribution in [3.8, 4) is 0 Å². The van der Waals surface area contributed by atoms with Gasteiger partial charge in [-0.15, -0.1) is 0 Å². The first-order valence-corrected chi connectivity index (χ1v) is 17.6. The molecule has 256 valence electrons. The molecule has 10 nitrogen and oxygen atoms in total. The average Bonchev–Trinajstić information content (AvgIpc) is 3.85. The van der Waals surface area contributed by atoms with Gasteiger partial charge >= 0.3 is 0 Å². The maximum atomic E-state index is 15.5. The van der Waals surface area contributed by atoms with Crippen LogP contribution in [0.2, 0.25) is 0 Å². The van der Waals surface area contributed by atoms with E-state index in [9.17, 15) is 19.2 Å². The van der Waals surface area contributed by atoms with Gasteiger partial charge in [0.2, 0.25) is 23.6 Å². The van der Waals surface area contributed by atoms with E-state index in [-0.39, 0.29) is 36.5 Å². The number of nitrogens with zero attached hydrogens (tertiary/aromatic N) is 2. The highest BCUT2D eigenvalue weighted by Gasteiger charge is 2.78. The first-order valence-electron chi connectivity index (χ1n) is 17.6. The fourth-order valence-electron chi connectivity index (χ4n) is 10.4. The van der Waals surface area contributed by atoms with Gasteiger partial charge < -0.3 is 31.1 Å². The molecule has 4 amide bonds. The van der Waals surface area contributed by atoms with Crippen LogP contribution in [0.3, 0.4) is 0 Å². The smallest absolute Gasteiger partial charge is 0.247 e. The Morgan fingerprint density at radius 3 is 1.59 bits per heavy atom. The minimum atomic E-state index is -1.11. The van der Waals surface area contributed by atoms with Crippen LogP contribution in [0.5, 0.6) is 0 Å². The van der Waals surface area contributed by atoms with E-state index in [0.717, 1.165) is 22.4 Å². The fraction of sp³-hybridized carbons (Fsp3) is 0.300. The highest BCUT2D eigenvalue weighted by atomic mass is 19.1. The van der Waals surface area contributed by atoms with Gasteiger partial charge in [0.15, 0.2) is 0 Å². The molecule has 8 atom stereocenters. The summed E-state index contributed by atoms with van der Waals surface area (Å²) in [5.74, 6) is -1.41. The van der Waals surface area contributed by atoms with Crippen molar-refractivity contribution in [2.75, 3.05) is 10.6 Å². The molecule has 0 spiro atoms. The molecule has 0 radical (unpaired) electrons. The van der Waals surface area contributed by atoms with Gasteiger partial charge in [-0.1, -0.05) is 78.9 Å². The molecule has 0 aliphatic carbocycles. The van der Waals surface area contributed by atoms with Crippen LogP contribution in [-0.4, -0.2) is 69.9 Å². The van der Waals surface area contributed by atoms with Gasteiger partial charge in [-0.2, -0.15) is 0 Å². The highest BCUT2D eigenvalue weighted by molar-refractivity contribution is 6.01. The molecule has 4 fully saturated rings. The lowest BCUT2D eigenvalue weighted by atomic mass is 9.54. The third-order valence-electron chi connectivity index (χ3n) is 12.4. The number of carbonyl (C=O) groups excluding carboxylic acids is 4. The summed E-state index contributed by atoms with van der Waals surface area (Å²) in [7, 11) is 0. The molecule has 8 unspecified atom stereocenters. The van der Waals surface area contributed by atoms with E-state index in [1.165, 1.54) is 12.1 Å². The maximum absolute atomic E-state index is 15.5. The Morgan fingerprint density at radius 1 is 0.569 bits per heavy atom. The van der Waals surface area contributed by atoms with Crippen LogP contribution in [0.4, 0.5) is 15.8 Å². The van der Waals surface area contributed by atoms with Crippen molar-refractivity contribution in [3.63, 3.8) is 0 Å². The van der Waals surface area contributed by atoms with Gasteiger partial charge in [-0.25, -0.2) is 4.39 Å². The van der Waals surface area contributed by atoms with Crippen LogP contribution in [0, 0.1) is 5.82 Å². The van der Waals surface area contributed by atoms with Crippen LogP contribution in [0.1, 0.15) is 35.1 Å². The SMILES string of the molecule is O=C1NC(Cc2ccccc2)C(=O)N2C1CC1(C34CC5C(=O)NC(Cc6ccccc6)C(=O)N5C3Nc3ccc(F)cc34)c3ccccc3NC21. The van der Waals surface area contributed by atoms with Crippen molar-refractivity contribution >= 4 is 35.0 Å². The molecule has 0 bridgehead atoms. The molecule has 6 aliphatic rings. The topological polar surface area (TPSA) is 123 Å². The van der Waals surface area contributed by atoms with Gasteiger partial charge in [0, 0.05) is 24.2 Å². The van der Waals surface area contributed by atoms with E-state index in [1.807, 2.05) is 84.9 Å². The Balaban J connectivity index is 1.14. The monoisotopic (exact) mass is 682 g/mol. The summed E-state index contributed by atoms with van der Waals surface area (Å²) in [4.78, 5) is 60.9. The lowest BCUT2D eigenvalue weighted by Crippen LogP contribution is -2.67. The van der Waals surface area contributed by atoms with Crippen LogP contribution < -0.4 is 21.3 Å². The molecule has 0 saturated carbocycles. The number of hydrogen-bond donors (Lipinski definition) is 4. The van der Waals surface area contributed by atoms with E-state index in [1.54, 1.807) is 15.9 Å². The summed E-state index contributed by atoms with van der Waals surface area (Å²) in [5, 5.41) is 13.3. The number of benzene rings is 4. The Hall–Kier alpha value is -5.71. The number of anilines is 2. The van der Waals surface area contributed by atoms with Gasteiger partial charge in [0.1, 0.15) is 42.3 Å². The number of para-hydroxylation sites is 1. The zero-order valence-electron chi connectivity index (χ0n) is 27.5. The number of fused-ring (bicyclic) bond motifs is 11. The van der Waals surface area contributed by atoms with Gasteiger partial charge in [0.25, 0.3) is 0 Å². The normalized spacial score (nSPS) is 32.5.